The Morgan fingerprint density at radius 2 is 2.03 bits per heavy atom. The molecule has 30 heavy (non-hydrogen) atoms. The van der Waals surface area contributed by atoms with Gasteiger partial charge in [0.25, 0.3) is 5.56 Å². The maximum absolute atomic E-state index is 14.5. The Hall–Kier alpha value is -2.61. The van der Waals surface area contributed by atoms with Gasteiger partial charge in [-0.2, -0.15) is 0 Å². The minimum Gasteiger partial charge on any atom is -0.393 e. The number of halogens is 1. The lowest BCUT2D eigenvalue weighted by atomic mass is 9.85. The van der Waals surface area contributed by atoms with Crippen molar-refractivity contribution in [3.05, 3.63) is 61.7 Å². The number of benzene rings is 1. The first-order chi connectivity index (χ1) is 14.5. The predicted molar refractivity (Wildman–Crippen MR) is 110 cm³/mol. The van der Waals surface area contributed by atoms with Gasteiger partial charge >= 0.3 is 0 Å². The van der Waals surface area contributed by atoms with E-state index >= 15 is 0 Å². The highest BCUT2D eigenvalue weighted by Gasteiger charge is 2.31. The quantitative estimate of drug-likeness (QED) is 0.540. The van der Waals surface area contributed by atoms with Gasteiger partial charge in [0.2, 0.25) is 0 Å². The standard InChI is InChI=1S/C23H23FN2O4/c1-11-12-4-3-5-13-15-8-26-19(22(15)25-18(21(12)13)7-17(11)24)6-14(20(28)9-27)16(10-30-2)23(26)29/h6-7,20,27-28H,3-5,8-10H2,1-2H3. The van der Waals surface area contributed by atoms with Crippen molar-refractivity contribution in [1.82, 2.24) is 9.55 Å². The minimum atomic E-state index is -1.19. The van der Waals surface area contributed by atoms with Gasteiger partial charge in [-0.05, 0) is 54.5 Å². The van der Waals surface area contributed by atoms with Crippen LogP contribution in [0.4, 0.5) is 4.39 Å². The molecular weight excluding hydrogens is 387 g/mol. The first-order valence-electron chi connectivity index (χ1n) is 10.1. The molecule has 0 amide bonds. The summed E-state index contributed by atoms with van der Waals surface area (Å²) in [6, 6.07) is 3.19. The molecule has 1 unspecified atom stereocenters. The summed E-state index contributed by atoms with van der Waals surface area (Å²) in [6.45, 7) is 1.74. The van der Waals surface area contributed by atoms with Crippen molar-refractivity contribution in [2.45, 2.75) is 45.4 Å². The molecule has 0 bridgehead atoms. The molecule has 0 saturated carbocycles. The van der Waals surface area contributed by atoms with Crippen molar-refractivity contribution in [3.8, 4) is 11.4 Å². The largest absolute Gasteiger partial charge is 0.393 e. The Morgan fingerprint density at radius 1 is 1.27 bits per heavy atom. The van der Waals surface area contributed by atoms with Crippen LogP contribution in [0.25, 0.3) is 22.3 Å². The van der Waals surface area contributed by atoms with Crippen molar-refractivity contribution in [2.24, 2.45) is 0 Å². The van der Waals surface area contributed by atoms with Gasteiger partial charge < -0.3 is 19.5 Å². The van der Waals surface area contributed by atoms with Crippen LogP contribution in [0.5, 0.6) is 0 Å². The SMILES string of the molecule is COCc1c(C(O)CO)cc2n(c1=O)Cc1c-2nc2cc(F)c(C)c3c2c1CCC3. The number of aromatic nitrogens is 2. The summed E-state index contributed by atoms with van der Waals surface area (Å²) in [4.78, 5) is 18.0. The Labute approximate surface area is 172 Å². The maximum Gasteiger partial charge on any atom is 0.257 e. The topological polar surface area (TPSA) is 84.6 Å². The summed E-state index contributed by atoms with van der Waals surface area (Å²) in [5, 5.41) is 20.8. The molecule has 1 aromatic carbocycles. The van der Waals surface area contributed by atoms with Crippen LogP contribution >= 0.6 is 0 Å². The second-order valence-electron chi connectivity index (χ2n) is 8.11. The lowest BCUT2D eigenvalue weighted by molar-refractivity contribution is 0.0920. The van der Waals surface area contributed by atoms with Crippen molar-refractivity contribution >= 4 is 10.9 Å². The number of aliphatic hydroxyl groups excluding tert-OH is 2. The van der Waals surface area contributed by atoms with Gasteiger partial charge in [0.15, 0.2) is 0 Å². The molecule has 5 rings (SSSR count). The van der Waals surface area contributed by atoms with E-state index in [-0.39, 0.29) is 18.0 Å². The number of aliphatic hydroxyl groups is 2. The molecule has 1 atom stereocenters. The number of ether oxygens (including phenoxy) is 1. The number of methoxy groups -OCH3 is 1. The number of hydrogen-bond donors (Lipinski definition) is 2. The summed E-state index contributed by atoms with van der Waals surface area (Å²) < 4.78 is 21.4. The highest BCUT2D eigenvalue weighted by molar-refractivity contribution is 5.92. The molecule has 3 aromatic rings. The van der Waals surface area contributed by atoms with Gasteiger partial charge in [-0.1, -0.05) is 0 Å². The highest BCUT2D eigenvalue weighted by atomic mass is 19.1. The van der Waals surface area contributed by atoms with Crippen LogP contribution in [0, 0.1) is 12.7 Å². The van der Waals surface area contributed by atoms with E-state index in [0.29, 0.717) is 40.1 Å². The number of fused-ring (bicyclic) bond motifs is 4. The van der Waals surface area contributed by atoms with E-state index in [1.54, 1.807) is 10.6 Å². The lowest BCUT2D eigenvalue weighted by Crippen LogP contribution is -2.27. The zero-order valence-corrected chi connectivity index (χ0v) is 17.0. The molecule has 6 nitrogen and oxygen atoms in total. The van der Waals surface area contributed by atoms with Crippen molar-refractivity contribution in [1.29, 1.82) is 0 Å². The summed E-state index contributed by atoms with van der Waals surface area (Å²) in [6.07, 6.45) is 1.42. The smallest absolute Gasteiger partial charge is 0.257 e. The van der Waals surface area contributed by atoms with Crippen molar-refractivity contribution in [2.75, 3.05) is 13.7 Å². The van der Waals surface area contributed by atoms with E-state index in [1.165, 1.54) is 13.2 Å². The van der Waals surface area contributed by atoms with E-state index in [4.69, 9.17) is 9.72 Å². The first kappa shape index (κ1) is 19.4. The predicted octanol–water partition coefficient (Wildman–Crippen LogP) is 2.53. The summed E-state index contributed by atoms with van der Waals surface area (Å²) in [5.41, 5.74) is 6.08. The van der Waals surface area contributed by atoms with Gasteiger partial charge in [-0.15, -0.1) is 0 Å². The number of hydrogen-bond acceptors (Lipinski definition) is 5. The molecule has 156 valence electrons. The van der Waals surface area contributed by atoms with Crippen LogP contribution < -0.4 is 5.56 Å². The van der Waals surface area contributed by atoms with Crippen molar-refractivity contribution in [3.63, 3.8) is 0 Å². The van der Waals surface area contributed by atoms with E-state index in [1.807, 2.05) is 6.92 Å². The molecule has 1 aliphatic carbocycles. The van der Waals surface area contributed by atoms with E-state index in [9.17, 15) is 19.4 Å². The normalized spacial score (nSPS) is 15.4. The van der Waals surface area contributed by atoms with Gasteiger partial charge in [0.1, 0.15) is 11.9 Å². The monoisotopic (exact) mass is 410 g/mol. The Morgan fingerprint density at radius 3 is 2.77 bits per heavy atom. The molecular formula is C23H23FN2O4. The third-order valence-electron chi connectivity index (χ3n) is 6.48. The summed E-state index contributed by atoms with van der Waals surface area (Å²) in [7, 11) is 1.48. The fraction of sp³-hybridized carbons (Fsp3) is 0.391. The molecule has 0 fully saturated rings. The Bertz CT molecular complexity index is 1270. The van der Waals surface area contributed by atoms with Gasteiger partial charge in [0, 0.05) is 29.7 Å². The molecule has 3 heterocycles. The van der Waals surface area contributed by atoms with Crippen LogP contribution in [0.1, 0.15) is 45.9 Å². The lowest BCUT2D eigenvalue weighted by Gasteiger charge is -2.21. The number of nitrogens with zero attached hydrogens (tertiary/aromatic N) is 2. The highest BCUT2D eigenvalue weighted by Crippen LogP contribution is 2.41. The fourth-order valence-electron chi connectivity index (χ4n) is 5.01. The Kier molecular flexibility index (Phi) is 4.50. The zero-order valence-electron chi connectivity index (χ0n) is 17.0. The third-order valence-corrected chi connectivity index (χ3v) is 6.48. The van der Waals surface area contributed by atoms with Crippen LogP contribution in [0.2, 0.25) is 0 Å². The summed E-state index contributed by atoms with van der Waals surface area (Å²) >= 11 is 0. The maximum atomic E-state index is 14.5. The van der Waals surface area contributed by atoms with E-state index < -0.39 is 12.7 Å². The van der Waals surface area contributed by atoms with Crippen LogP contribution in [-0.4, -0.2) is 33.5 Å². The second kappa shape index (κ2) is 6.97. The average molecular weight is 410 g/mol. The molecule has 0 spiro atoms. The third kappa shape index (κ3) is 2.59. The number of pyridine rings is 2. The molecule has 2 N–H and O–H groups in total. The van der Waals surface area contributed by atoms with Crippen LogP contribution in [0.3, 0.4) is 0 Å². The molecule has 0 radical (unpaired) electrons. The summed E-state index contributed by atoms with van der Waals surface area (Å²) in [5.74, 6) is -0.264. The Balaban J connectivity index is 1.83. The minimum absolute atomic E-state index is 0.0403. The van der Waals surface area contributed by atoms with Gasteiger partial charge in [-0.3, -0.25) is 4.79 Å². The van der Waals surface area contributed by atoms with Gasteiger partial charge in [0.05, 0.1) is 36.7 Å². The molecule has 2 aromatic heterocycles. The second-order valence-corrected chi connectivity index (χ2v) is 8.11. The fourth-order valence-corrected chi connectivity index (χ4v) is 5.01. The van der Waals surface area contributed by atoms with Gasteiger partial charge in [-0.25, -0.2) is 9.37 Å². The molecule has 7 heteroatoms. The average Bonchev–Trinajstić information content (AvgIpc) is 3.12. The number of rotatable bonds is 4. The zero-order chi connectivity index (χ0) is 21.2. The van der Waals surface area contributed by atoms with E-state index in [2.05, 4.69) is 0 Å². The van der Waals surface area contributed by atoms with Crippen LogP contribution in [-0.2, 0) is 30.7 Å². The van der Waals surface area contributed by atoms with Crippen molar-refractivity contribution < 1.29 is 19.3 Å². The number of aryl methyl sites for hydroxylation is 2. The molecule has 2 aliphatic rings. The molecule has 0 saturated heterocycles. The van der Waals surface area contributed by atoms with E-state index in [0.717, 1.165) is 41.3 Å². The molecule has 1 aliphatic heterocycles. The van der Waals surface area contributed by atoms with Crippen LogP contribution in [0.15, 0.2) is 16.9 Å². The first-order valence-corrected chi connectivity index (χ1v) is 10.1.